The summed E-state index contributed by atoms with van der Waals surface area (Å²) in [5, 5.41) is 21.2. The second-order valence-electron chi connectivity index (χ2n) is 7.37. The zero-order valence-corrected chi connectivity index (χ0v) is 16.1. The number of fused-ring (bicyclic) bond motifs is 1. The fourth-order valence-electron chi connectivity index (χ4n) is 4.15. The average molecular weight is 420 g/mol. The van der Waals surface area contributed by atoms with Gasteiger partial charge in [0.1, 0.15) is 11.7 Å². The van der Waals surface area contributed by atoms with Crippen molar-refractivity contribution in [1.29, 1.82) is 0 Å². The van der Waals surface area contributed by atoms with E-state index in [0.29, 0.717) is 11.3 Å². The van der Waals surface area contributed by atoms with Gasteiger partial charge in [-0.25, -0.2) is 14.4 Å². The van der Waals surface area contributed by atoms with Crippen LogP contribution in [0.4, 0.5) is 15.8 Å². The van der Waals surface area contributed by atoms with Crippen LogP contribution in [-0.2, 0) is 14.4 Å². The monoisotopic (exact) mass is 420 g/mol. The number of carbonyl (C=O) groups excluding carboxylic acids is 2. The standard InChI is InChI=1S/C23H17FN2O5/c24-15-8-4-5-9-16(15)25-22(29)19-20(13-10-11-17(27)18(28)12-13)26(31-21(19)23(25)30)14-6-2-1-3-7-14/h1-12,19-21,27-28H/t19-,20-,21+/m1/s1. The molecule has 0 aromatic heterocycles. The average Bonchev–Trinajstić information content (AvgIpc) is 3.28. The van der Waals surface area contributed by atoms with Crippen LogP contribution in [0, 0.1) is 11.7 Å². The van der Waals surface area contributed by atoms with E-state index in [1.54, 1.807) is 36.4 Å². The van der Waals surface area contributed by atoms with Crippen molar-refractivity contribution in [2.45, 2.75) is 12.1 Å². The predicted molar refractivity (Wildman–Crippen MR) is 109 cm³/mol. The molecule has 2 saturated heterocycles. The Bertz CT molecular complexity index is 1190. The van der Waals surface area contributed by atoms with Crippen molar-refractivity contribution in [2.75, 3.05) is 9.96 Å². The first-order valence-corrected chi connectivity index (χ1v) is 9.62. The Morgan fingerprint density at radius 1 is 0.839 bits per heavy atom. The second-order valence-corrected chi connectivity index (χ2v) is 7.37. The molecule has 2 N–H and O–H groups in total. The number of hydrogen-bond donors (Lipinski definition) is 2. The van der Waals surface area contributed by atoms with Gasteiger partial charge in [-0.3, -0.25) is 14.4 Å². The molecule has 2 aliphatic heterocycles. The highest BCUT2D eigenvalue weighted by Gasteiger charge is 2.60. The van der Waals surface area contributed by atoms with Gasteiger partial charge in [0.15, 0.2) is 17.6 Å². The summed E-state index contributed by atoms with van der Waals surface area (Å²) in [4.78, 5) is 33.3. The van der Waals surface area contributed by atoms with Crippen molar-refractivity contribution in [3.8, 4) is 11.5 Å². The topological polar surface area (TPSA) is 90.3 Å². The van der Waals surface area contributed by atoms with Gasteiger partial charge in [0.05, 0.1) is 17.4 Å². The number of anilines is 2. The van der Waals surface area contributed by atoms with Crippen molar-refractivity contribution < 1.29 is 29.0 Å². The number of hydrogen-bond acceptors (Lipinski definition) is 6. The highest BCUT2D eigenvalue weighted by Crippen LogP contribution is 2.48. The Labute approximate surface area is 176 Å². The highest BCUT2D eigenvalue weighted by atomic mass is 19.1. The molecule has 0 saturated carbocycles. The normalized spacial score (nSPS) is 22.8. The van der Waals surface area contributed by atoms with E-state index in [2.05, 4.69) is 0 Å². The highest BCUT2D eigenvalue weighted by molar-refractivity contribution is 6.24. The maximum atomic E-state index is 14.4. The van der Waals surface area contributed by atoms with Gasteiger partial charge in [-0.1, -0.05) is 36.4 Å². The van der Waals surface area contributed by atoms with Crippen molar-refractivity contribution in [2.24, 2.45) is 5.92 Å². The van der Waals surface area contributed by atoms with Crippen LogP contribution in [0.2, 0.25) is 0 Å². The number of rotatable bonds is 3. The van der Waals surface area contributed by atoms with Crippen LogP contribution < -0.4 is 9.96 Å². The molecule has 0 bridgehead atoms. The minimum Gasteiger partial charge on any atom is -0.504 e. The number of nitrogens with zero attached hydrogens (tertiary/aromatic N) is 2. The molecule has 3 atom stereocenters. The maximum absolute atomic E-state index is 14.4. The fourth-order valence-corrected chi connectivity index (χ4v) is 4.15. The van der Waals surface area contributed by atoms with E-state index in [1.807, 2.05) is 6.07 Å². The molecule has 8 heteroatoms. The number of carbonyl (C=O) groups is 2. The van der Waals surface area contributed by atoms with Gasteiger partial charge in [0.25, 0.3) is 5.91 Å². The van der Waals surface area contributed by atoms with Crippen LogP contribution in [0.15, 0.2) is 72.8 Å². The summed E-state index contributed by atoms with van der Waals surface area (Å²) in [7, 11) is 0. The van der Waals surface area contributed by atoms with Crippen LogP contribution in [0.5, 0.6) is 11.5 Å². The maximum Gasteiger partial charge on any atom is 0.266 e. The Kier molecular flexibility index (Phi) is 4.37. The first kappa shape index (κ1) is 19.1. The molecule has 0 radical (unpaired) electrons. The molecule has 0 aliphatic carbocycles. The van der Waals surface area contributed by atoms with E-state index >= 15 is 0 Å². The first-order chi connectivity index (χ1) is 15.0. The molecule has 5 rings (SSSR count). The number of aromatic hydroxyl groups is 2. The molecule has 2 aliphatic rings. The van der Waals surface area contributed by atoms with E-state index in [9.17, 15) is 24.2 Å². The Morgan fingerprint density at radius 3 is 2.26 bits per heavy atom. The van der Waals surface area contributed by atoms with Gasteiger partial charge >= 0.3 is 0 Å². The molecule has 3 aromatic rings. The summed E-state index contributed by atoms with van der Waals surface area (Å²) >= 11 is 0. The Morgan fingerprint density at radius 2 is 1.55 bits per heavy atom. The largest absolute Gasteiger partial charge is 0.504 e. The lowest BCUT2D eigenvalue weighted by molar-refractivity contribution is -0.126. The number of para-hydroxylation sites is 2. The molecule has 7 nitrogen and oxygen atoms in total. The van der Waals surface area contributed by atoms with E-state index in [-0.39, 0.29) is 17.2 Å². The summed E-state index contributed by atoms with van der Waals surface area (Å²) in [6.07, 6.45) is -1.16. The number of halogens is 1. The molecule has 31 heavy (non-hydrogen) atoms. The summed E-state index contributed by atoms with van der Waals surface area (Å²) in [6, 6.07) is 17.9. The summed E-state index contributed by atoms with van der Waals surface area (Å²) in [5.74, 6) is -3.61. The van der Waals surface area contributed by atoms with E-state index in [1.165, 1.54) is 35.4 Å². The summed E-state index contributed by atoms with van der Waals surface area (Å²) in [5.41, 5.74) is 0.935. The first-order valence-electron chi connectivity index (χ1n) is 9.62. The van der Waals surface area contributed by atoms with Gasteiger partial charge in [-0.2, -0.15) is 0 Å². The smallest absolute Gasteiger partial charge is 0.266 e. The molecule has 2 amide bonds. The van der Waals surface area contributed by atoms with E-state index in [0.717, 1.165) is 4.90 Å². The Hall–Kier alpha value is -3.91. The zero-order valence-electron chi connectivity index (χ0n) is 16.1. The molecule has 2 fully saturated rings. The third-order valence-electron chi connectivity index (χ3n) is 5.56. The molecular weight excluding hydrogens is 403 g/mol. The molecule has 156 valence electrons. The number of imide groups is 1. The number of amides is 2. The molecule has 0 unspecified atom stereocenters. The van der Waals surface area contributed by atoms with Gasteiger partial charge in [0, 0.05) is 0 Å². The number of hydroxylamine groups is 1. The molecule has 2 heterocycles. The lowest BCUT2D eigenvalue weighted by atomic mass is 9.90. The summed E-state index contributed by atoms with van der Waals surface area (Å²) in [6.45, 7) is 0. The van der Waals surface area contributed by atoms with Gasteiger partial charge in [-0.15, -0.1) is 0 Å². The Balaban J connectivity index is 1.62. The van der Waals surface area contributed by atoms with E-state index in [4.69, 9.17) is 4.84 Å². The fraction of sp³-hybridized carbons (Fsp3) is 0.130. The van der Waals surface area contributed by atoms with Crippen molar-refractivity contribution in [3.05, 3.63) is 84.2 Å². The number of phenols is 2. The van der Waals surface area contributed by atoms with Gasteiger partial charge in [0.2, 0.25) is 5.91 Å². The van der Waals surface area contributed by atoms with Crippen molar-refractivity contribution in [1.82, 2.24) is 0 Å². The van der Waals surface area contributed by atoms with Crippen LogP contribution in [0.3, 0.4) is 0 Å². The van der Waals surface area contributed by atoms with Gasteiger partial charge in [-0.05, 0) is 42.0 Å². The minimum atomic E-state index is -1.16. The van der Waals surface area contributed by atoms with Crippen molar-refractivity contribution in [3.63, 3.8) is 0 Å². The van der Waals surface area contributed by atoms with Gasteiger partial charge < -0.3 is 10.2 Å². The lowest BCUT2D eigenvalue weighted by Gasteiger charge is -2.29. The number of phenolic OH excluding ortho intramolecular Hbond substituents is 2. The van der Waals surface area contributed by atoms with Crippen LogP contribution in [0.1, 0.15) is 11.6 Å². The van der Waals surface area contributed by atoms with Crippen LogP contribution in [0.25, 0.3) is 0 Å². The van der Waals surface area contributed by atoms with Crippen molar-refractivity contribution >= 4 is 23.2 Å². The quantitative estimate of drug-likeness (QED) is 0.499. The third-order valence-corrected chi connectivity index (χ3v) is 5.56. The zero-order chi connectivity index (χ0) is 21.7. The summed E-state index contributed by atoms with van der Waals surface area (Å²) < 4.78 is 14.4. The third kappa shape index (κ3) is 2.91. The van der Waals surface area contributed by atoms with E-state index < -0.39 is 35.7 Å². The number of benzene rings is 3. The minimum absolute atomic E-state index is 0.130. The lowest BCUT2D eigenvalue weighted by Crippen LogP contribution is -2.37. The molecule has 0 spiro atoms. The van der Waals surface area contributed by atoms with Crippen LogP contribution >= 0.6 is 0 Å². The SMILES string of the molecule is O=C1[C@H]2[C@H](ON(c3ccccc3)[C@@H]2c2ccc(O)c(O)c2)C(=O)N1c1ccccc1F. The molecule has 3 aromatic carbocycles. The second kappa shape index (κ2) is 7.10. The van der Waals surface area contributed by atoms with Crippen LogP contribution in [-0.4, -0.2) is 28.1 Å². The predicted octanol–water partition coefficient (Wildman–Crippen LogP) is 3.29. The molecular formula is C23H17FN2O5.